The molecule has 116 valence electrons. The van der Waals surface area contributed by atoms with E-state index in [0.29, 0.717) is 11.3 Å². The van der Waals surface area contributed by atoms with Gasteiger partial charge in [-0.05, 0) is 31.2 Å². The zero-order valence-electron chi connectivity index (χ0n) is 12.1. The maximum Gasteiger partial charge on any atom is 0.346 e. The van der Waals surface area contributed by atoms with Gasteiger partial charge in [-0.15, -0.1) is 5.10 Å². The van der Waals surface area contributed by atoms with Crippen molar-refractivity contribution in [1.29, 1.82) is 0 Å². The molecule has 1 aliphatic rings. The number of esters is 1. The van der Waals surface area contributed by atoms with E-state index in [1.807, 2.05) is 0 Å². The number of nitrogens with two attached hydrogens (primary N) is 1. The van der Waals surface area contributed by atoms with Gasteiger partial charge in [0.15, 0.2) is 5.57 Å². The van der Waals surface area contributed by atoms with Gasteiger partial charge in [-0.25, -0.2) is 10.2 Å². The van der Waals surface area contributed by atoms with Crippen LogP contribution in [0, 0.1) is 0 Å². The van der Waals surface area contributed by atoms with Crippen LogP contribution in [0.15, 0.2) is 40.8 Å². The van der Waals surface area contributed by atoms with Crippen molar-refractivity contribution in [2.75, 3.05) is 13.7 Å². The van der Waals surface area contributed by atoms with Crippen LogP contribution in [0.5, 0.6) is 5.75 Å². The summed E-state index contributed by atoms with van der Waals surface area (Å²) >= 11 is 4.86. The van der Waals surface area contributed by atoms with E-state index in [1.54, 1.807) is 38.3 Å². The zero-order chi connectivity index (χ0) is 16.1. The molecule has 22 heavy (non-hydrogen) atoms. The maximum absolute atomic E-state index is 11.9. The monoisotopic (exact) mass is 321 g/mol. The minimum atomic E-state index is -0.663. The van der Waals surface area contributed by atoms with E-state index in [4.69, 9.17) is 32.2 Å². The third kappa shape index (κ3) is 3.34. The lowest BCUT2D eigenvalue weighted by Gasteiger charge is -2.08. The number of carbonyl (C=O) groups excluding carboxylic acids is 1. The first-order chi connectivity index (χ1) is 10.6. The van der Waals surface area contributed by atoms with Gasteiger partial charge in [-0.2, -0.15) is 0 Å². The largest absolute Gasteiger partial charge is 0.497 e. The summed E-state index contributed by atoms with van der Waals surface area (Å²) in [6, 6.07) is 7.08. The SMILES string of the molecule is CCOC(=O)/C(C(N)=S)=C1\NN=C(c2ccc(OC)cc2)O1. The lowest BCUT2D eigenvalue weighted by Crippen LogP contribution is -2.25. The molecule has 0 unspecified atom stereocenters. The van der Waals surface area contributed by atoms with Crippen molar-refractivity contribution in [3.8, 4) is 5.75 Å². The Hall–Kier alpha value is -2.61. The van der Waals surface area contributed by atoms with Crippen LogP contribution in [0.1, 0.15) is 12.5 Å². The van der Waals surface area contributed by atoms with Crippen molar-refractivity contribution in [2.24, 2.45) is 10.8 Å². The lowest BCUT2D eigenvalue weighted by molar-refractivity contribution is -0.138. The molecule has 0 atom stereocenters. The maximum atomic E-state index is 11.9. The molecule has 1 aromatic rings. The fraction of sp³-hybridized carbons (Fsp3) is 0.214. The Morgan fingerprint density at radius 3 is 2.64 bits per heavy atom. The predicted molar refractivity (Wildman–Crippen MR) is 84.2 cm³/mol. The van der Waals surface area contributed by atoms with Crippen LogP contribution in [-0.2, 0) is 14.3 Å². The molecule has 0 saturated carbocycles. The summed E-state index contributed by atoms with van der Waals surface area (Å²) in [5.41, 5.74) is 8.81. The summed E-state index contributed by atoms with van der Waals surface area (Å²) in [6.07, 6.45) is 0. The number of nitrogens with one attached hydrogen (secondary N) is 1. The number of ether oxygens (including phenoxy) is 3. The van der Waals surface area contributed by atoms with E-state index in [9.17, 15) is 4.79 Å². The molecule has 1 heterocycles. The molecule has 0 saturated heterocycles. The quantitative estimate of drug-likeness (QED) is 0.475. The number of carbonyl (C=O) groups is 1. The average Bonchev–Trinajstić information content (AvgIpc) is 2.97. The Kier molecular flexibility index (Phi) is 4.95. The van der Waals surface area contributed by atoms with Crippen molar-refractivity contribution >= 4 is 29.1 Å². The van der Waals surface area contributed by atoms with Gasteiger partial charge >= 0.3 is 5.97 Å². The van der Waals surface area contributed by atoms with Crippen LogP contribution < -0.4 is 15.9 Å². The van der Waals surface area contributed by atoms with E-state index in [1.165, 1.54) is 0 Å². The Balaban J connectivity index is 2.22. The molecule has 1 aliphatic heterocycles. The molecule has 2 rings (SSSR count). The smallest absolute Gasteiger partial charge is 0.346 e. The highest BCUT2D eigenvalue weighted by atomic mass is 32.1. The summed E-state index contributed by atoms with van der Waals surface area (Å²) in [4.78, 5) is 11.7. The highest BCUT2D eigenvalue weighted by Crippen LogP contribution is 2.18. The summed E-state index contributed by atoms with van der Waals surface area (Å²) in [5.74, 6) is 0.387. The van der Waals surface area contributed by atoms with E-state index < -0.39 is 5.97 Å². The van der Waals surface area contributed by atoms with E-state index in [-0.39, 0.29) is 28.9 Å². The highest BCUT2D eigenvalue weighted by Gasteiger charge is 2.26. The van der Waals surface area contributed by atoms with E-state index in [2.05, 4.69) is 10.5 Å². The third-order valence-electron chi connectivity index (χ3n) is 2.75. The van der Waals surface area contributed by atoms with Gasteiger partial charge < -0.3 is 19.9 Å². The normalized spacial score (nSPS) is 15.3. The number of nitrogens with zero attached hydrogens (tertiary/aromatic N) is 1. The van der Waals surface area contributed by atoms with Gasteiger partial charge in [0.25, 0.3) is 0 Å². The number of rotatable bonds is 5. The second kappa shape index (κ2) is 6.90. The molecular weight excluding hydrogens is 306 g/mol. The summed E-state index contributed by atoms with van der Waals surface area (Å²) in [7, 11) is 1.58. The molecule has 0 fully saturated rings. The van der Waals surface area contributed by atoms with Crippen LogP contribution in [0.25, 0.3) is 0 Å². The molecule has 0 radical (unpaired) electrons. The second-order valence-corrected chi connectivity index (χ2v) is 4.59. The number of benzene rings is 1. The van der Waals surface area contributed by atoms with Gasteiger partial charge in [0.05, 0.1) is 13.7 Å². The molecule has 1 aromatic carbocycles. The highest BCUT2D eigenvalue weighted by molar-refractivity contribution is 7.80. The van der Waals surface area contributed by atoms with Gasteiger partial charge in [-0.1, -0.05) is 12.2 Å². The Bertz CT molecular complexity index is 653. The topological polar surface area (TPSA) is 95.2 Å². The minimum absolute atomic E-state index is 0.0517. The Morgan fingerprint density at radius 1 is 1.41 bits per heavy atom. The van der Waals surface area contributed by atoms with E-state index in [0.717, 1.165) is 0 Å². The molecule has 8 heteroatoms. The Morgan fingerprint density at radius 2 is 2.09 bits per heavy atom. The van der Waals surface area contributed by atoms with Gasteiger partial charge in [0.2, 0.25) is 11.8 Å². The average molecular weight is 321 g/mol. The van der Waals surface area contributed by atoms with Crippen LogP contribution >= 0.6 is 12.2 Å². The van der Waals surface area contributed by atoms with E-state index >= 15 is 0 Å². The molecule has 3 N–H and O–H groups in total. The van der Waals surface area contributed by atoms with Crippen LogP contribution in [-0.4, -0.2) is 30.6 Å². The standard InChI is InChI=1S/C14H15N3O4S/c1-3-20-14(18)10(11(15)22)13-17-16-12(21-13)8-4-6-9(19-2)7-5-8/h4-7,17H,3H2,1-2H3,(H2,15,22)/b13-10+. The molecule has 0 aromatic heterocycles. The summed E-state index contributed by atoms with van der Waals surface area (Å²) < 4.78 is 15.5. The third-order valence-corrected chi connectivity index (χ3v) is 2.95. The predicted octanol–water partition coefficient (Wildman–Crippen LogP) is 1.04. The van der Waals surface area contributed by atoms with Gasteiger partial charge in [0.1, 0.15) is 10.7 Å². The summed E-state index contributed by atoms with van der Waals surface area (Å²) in [5, 5.41) is 4.01. The first kappa shape index (κ1) is 15.8. The number of hydrazone groups is 1. The fourth-order valence-corrected chi connectivity index (χ4v) is 1.89. The second-order valence-electron chi connectivity index (χ2n) is 4.15. The molecule has 7 nitrogen and oxygen atoms in total. The van der Waals surface area contributed by atoms with Crippen molar-refractivity contribution in [1.82, 2.24) is 5.43 Å². The fourth-order valence-electron chi connectivity index (χ4n) is 1.72. The molecule has 0 spiro atoms. The first-order valence-electron chi connectivity index (χ1n) is 6.44. The summed E-state index contributed by atoms with van der Waals surface area (Å²) in [6.45, 7) is 1.88. The van der Waals surface area contributed by atoms with Crippen LogP contribution in [0.3, 0.4) is 0 Å². The minimum Gasteiger partial charge on any atom is -0.497 e. The lowest BCUT2D eigenvalue weighted by atomic mass is 10.2. The van der Waals surface area contributed by atoms with Gasteiger partial charge in [0, 0.05) is 5.56 Å². The van der Waals surface area contributed by atoms with Crippen molar-refractivity contribution in [3.63, 3.8) is 0 Å². The number of thiocarbonyl (C=S) groups is 1. The van der Waals surface area contributed by atoms with Gasteiger partial charge in [-0.3, -0.25) is 0 Å². The van der Waals surface area contributed by atoms with Crippen molar-refractivity contribution < 1.29 is 19.0 Å². The molecular formula is C14H15N3O4S. The Labute approximate surface area is 132 Å². The molecule has 0 bridgehead atoms. The number of hydrogen-bond acceptors (Lipinski definition) is 7. The zero-order valence-corrected chi connectivity index (χ0v) is 12.9. The van der Waals surface area contributed by atoms with Crippen molar-refractivity contribution in [3.05, 3.63) is 41.3 Å². The number of hydrogen-bond donors (Lipinski definition) is 2. The van der Waals surface area contributed by atoms with Crippen LogP contribution in [0.4, 0.5) is 0 Å². The van der Waals surface area contributed by atoms with Crippen LogP contribution in [0.2, 0.25) is 0 Å². The molecule has 0 aliphatic carbocycles. The van der Waals surface area contributed by atoms with Crippen molar-refractivity contribution in [2.45, 2.75) is 6.92 Å². The first-order valence-corrected chi connectivity index (χ1v) is 6.84. The molecule has 0 amide bonds. The number of methoxy groups -OCH3 is 1.